The van der Waals surface area contributed by atoms with Crippen LogP contribution in [-0.4, -0.2) is 73.5 Å². The van der Waals surface area contributed by atoms with Crippen LogP contribution in [-0.2, 0) is 11.3 Å². The van der Waals surface area contributed by atoms with Gasteiger partial charge in [-0.2, -0.15) is 0 Å². The number of methoxy groups -OCH3 is 1. The van der Waals surface area contributed by atoms with Crippen molar-refractivity contribution in [2.75, 3.05) is 46.4 Å². The highest BCUT2D eigenvalue weighted by Crippen LogP contribution is 2.20. The lowest BCUT2D eigenvalue weighted by molar-refractivity contribution is 0.0125. The molecule has 2 heterocycles. The number of likely N-dealkylation sites (tertiary alicyclic amines) is 2. The fourth-order valence-corrected chi connectivity index (χ4v) is 3.81. The van der Waals surface area contributed by atoms with Crippen LogP contribution in [0.25, 0.3) is 0 Å². The monoisotopic (exact) mass is 334 g/mol. The molecule has 2 saturated heterocycles. The van der Waals surface area contributed by atoms with E-state index < -0.39 is 6.10 Å². The second-order valence-corrected chi connectivity index (χ2v) is 6.97. The molecule has 24 heavy (non-hydrogen) atoms. The zero-order chi connectivity index (χ0) is 16.8. The Morgan fingerprint density at radius 3 is 2.88 bits per heavy atom. The number of rotatable bonds is 8. The molecule has 2 unspecified atom stereocenters. The van der Waals surface area contributed by atoms with Crippen molar-refractivity contribution < 1.29 is 14.6 Å². The molecule has 2 atom stereocenters. The zero-order valence-electron chi connectivity index (χ0n) is 14.7. The standard InChI is InChI=1S/C19H30N2O3/c1-23-19-6-4-5-16(11-19)14-24-15-18(22)13-20-10-7-17(12-20)21-8-2-3-9-21/h4-6,11,17-18,22H,2-3,7-10,12-15H2,1H3. The van der Waals surface area contributed by atoms with Gasteiger partial charge in [-0.1, -0.05) is 12.1 Å². The maximum Gasteiger partial charge on any atom is 0.119 e. The summed E-state index contributed by atoms with van der Waals surface area (Å²) in [6.45, 7) is 6.28. The summed E-state index contributed by atoms with van der Waals surface area (Å²) in [6.07, 6.45) is 3.50. The molecule has 5 nitrogen and oxygen atoms in total. The van der Waals surface area contributed by atoms with Crippen LogP contribution in [0.4, 0.5) is 0 Å². The Morgan fingerprint density at radius 2 is 2.08 bits per heavy atom. The molecule has 0 bridgehead atoms. The summed E-state index contributed by atoms with van der Waals surface area (Å²) < 4.78 is 10.9. The number of benzene rings is 1. The van der Waals surface area contributed by atoms with Gasteiger partial charge in [-0.15, -0.1) is 0 Å². The highest BCUT2D eigenvalue weighted by atomic mass is 16.5. The predicted octanol–water partition coefficient (Wildman–Crippen LogP) is 1.74. The van der Waals surface area contributed by atoms with Crippen LogP contribution in [0.1, 0.15) is 24.8 Å². The average Bonchev–Trinajstić information content (AvgIpc) is 3.26. The number of aliphatic hydroxyl groups excluding tert-OH is 1. The second kappa shape index (κ2) is 8.81. The Kier molecular flexibility index (Phi) is 6.49. The maximum absolute atomic E-state index is 10.2. The van der Waals surface area contributed by atoms with Gasteiger partial charge in [0.2, 0.25) is 0 Å². The molecule has 2 fully saturated rings. The zero-order valence-corrected chi connectivity index (χ0v) is 14.7. The van der Waals surface area contributed by atoms with Crippen molar-refractivity contribution in [1.82, 2.24) is 9.80 Å². The summed E-state index contributed by atoms with van der Waals surface area (Å²) in [7, 11) is 1.66. The third-order valence-electron chi connectivity index (χ3n) is 5.09. The van der Waals surface area contributed by atoms with E-state index in [9.17, 15) is 5.11 Å². The molecule has 2 aliphatic heterocycles. The van der Waals surface area contributed by atoms with Crippen LogP contribution in [0, 0.1) is 0 Å². The van der Waals surface area contributed by atoms with E-state index >= 15 is 0 Å². The summed E-state index contributed by atoms with van der Waals surface area (Å²) in [6, 6.07) is 8.54. The Bertz CT molecular complexity index is 505. The number of ether oxygens (including phenoxy) is 2. The molecule has 134 valence electrons. The van der Waals surface area contributed by atoms with E-state index in [4.69, 9.17) is 9.47 Å². The molecular formula is C19H30N2O3. The van der Waals surface area contributed by atoms with Crippen molar-refractivity contribution in [2.45, 2.75) is 38.0 Å². The minimum atomic E-state index is -0.423. The van der Waals surface area contributed by atoms with E-state index in [1.807, 2.05) is 24.3 Å². The quantitative estimate of drug-likeness (QED) is 0.785. The Hall–Kier alpha value is -1.14. The fourth-order valence-electron chi connectivity index (χ4n) is 3.81. The third-order valence-corrected chi connectivity index (χ3v) is 5.09. The number of β-amino-alcohol motifs (C(OH)–C–C–N with tert-alkyl or cyclic N) is 1. The first-order valence-corrected chi connectivity index (χ1v) is 9.10. The van der Waals surface area contributed by atoms with E-state index in [0.29, 0.717) is 25.8 Å². The summed E-state index contributed by atoms with van der Waals surface area (Å²) in [5.74, 6) is 0.835. The van der Waals surface area contributed by atoms with Crippen LogP contribution in [0.3, 0.4) is 0 Å². The molecule has 5 heteroatoms. The highest BCUT2D eigenvalue weighted by molar-refractivity contribution is 5.27. The van der Waals surface area contributed by atoms with Crippen LogP contribution in [0.5, 0.6) is 5.75 Å². The smallest absolute Gasteiger partial charge is 0.119 e. The number of hydrogen-bond acceptors (Lipinski definition) is 5. The number of hydrogen-bond donors (Lipinski definition) is 1. The minimum Gasteiger partial charge on any atom is -0.497 e. The largest absolute Gasteiger partial charge is 0.497 e. The Balaban J connectivity index is 1.34. The third kappa shape index (κ3) is 4.93. The summed E-state index contributed by atoms with van der Waals surface area (Å²) in [4.78, 5) is 4.99. The lowest BCUT2D eigenvalue weighted by Gasteiger charge is -2.24. The van der Waals surface area contributed by atoms with Gasteiger partial charge in [-0.3, -0.25) is 9.80 Å². The lowest BCUT2D eigenvalue weighted by atomic mass is 10.2. The van der Waals surface area contributed by atoms with E-state index in [0.717, 1.165) is 24.4 Å². The van der Waals surface area contributed by atoms with Crippen LogP contribution in [0.2, 0.25) is 0 Å². The van der Waals surface area contributed by atoms with Gasteiger partial charge in [-0.05, 0) is 56.6 Å². The van der Waals surface area contributed by atoms with E-state index in [2.05, 4.69) is 9.80 Å². The van der Waals surface area contributed by atoms with Gasteiger partial charge < -0.3 is 14.6 Å². The number of aliphatic hydroxyl groups is 1. The molecule has 3 rings (SSSR count). The van der Waals surface area contributed by atoms with Gasteiger partial charge in [0.25, 0.3) is 0 Å². The molecule has 0 radical (unpaired) electrons. The molecule has 2 aliphatic rings. The van der Waals surface area contributed by atoms with Gasteiger partial charge in [0.15, 0.2) is 0 Å². The molecule has 0 amide bonds. The van der Waals surface area contributed by atoms with Crippen molar-refractivity contribution in [3.63, 3.8) is 0 Å². The van der Waals surface area contributed by atoms with Gasteiger partial charge >= 0.3 is 0 Å². The molecule has 1 aromatic carbocycles. The van der Waals surface area contributed by atoms with Gasteiger partial charge in [0.1, 0.15) is 5.75 Å². The van der Waals surface area contributed by atoms with Crippen molar-refractivity contribution in [1.29, 1.82) is 0 Å². The summed E-state index contributed by atoms with van der Waals surface area (Å²) in [5, 5.41) is 10.2. The lowest BCUT2D eigenvalue weighted by Crippen LogP contribution is -2.38. The minimum absolute atomic E-state index is 0.377. The van der Waals surface area contributed by atoms with E-state index in [1.54, 1.807) is 7.11 Å². The second-order valence-electron chi connectivity index (χ2n) is 6.97. The fraction of sp³-hybridized carbons (Fsp3) is 0.684. The molecule has 1 aromatic rings. The van der Waals surface area contributed by atoms with Crippen molar-refractivity contribution >= 4 is 0 Å². The predicted molar refractivity (Wildman–Crippen MR) is 94.3 cm³/mol. The van der Waals surface area contributed by atoms with Crippen molar-refractivity contribution in [2.24, 2.45) is 0 Å². The first-order valence-electron chi connectivity index (χ1n) is 9.10. The van der Waals surface area contributed by atoms with Gasteiger partial charge in [0, 0.05) is 19.1 Å². The van der Waals surface area contributed by atoms with Crippen LogP contribution < -0.4 is 4.74 Å². The normalized spacial score (nSPS) is 23.7. The SMILES string of the molecule is COc1cccc(COCC(O)CN2CCC(N3CCCC3)C2)c1. The molecule has 0 aliphatic carbocycles. The summed E-state index contributed by atoms with van der Waals surface area (Å²) >= 11 is 0. The van der Waals surface area contributed by atoms with Crippen molar-refractivity contribution in [3.8, 4) is 5.75 Å². The molecular weight excluding hydrogens is 304 g/mol. The van der Waals surface area contributed by atoms with Crippen LogP contribution >= 0.6 is 0 Å². The number of nitrogens with zero attached hydrogens (tertiary/aromatic N) is 2. The van der Waals surface area contributed by atoms with Crippen molar-refractivity contribution in [3.05, 3.63) is 29.8 Å². The molecule has 1 N–H and O–H groups in total. The first kappa shape index (κ1) is 17.7. The topological polar surface area (TPSA) is 45.2 Å². The maximum atomic E-state index is 10.2. The first-order chi connectivity index (χ1) is 11.7. The molecule has 0 aromatic heterocycles. The molecule has 0 saturated carbocycles. The van der Waals surface area contributed by atoms with Gasteiger partial charge in [0.05, 0.1) is 26.4 Å². The molecule has 0 spiro atoms. The van der Waals surface area contributed by atoms with E-state index in [-0.39, 0.29) is 0 Å². The Morgan fingerprint density at radius 1 is 1.25 bits per heavy atom. The summed E-state index contributed by atoms with van der Waals surface area (Å²) in [5.41, 5.74) is 1.07. The van der Waals surface area contributed by atoms with E-state index in [1.165, 1.54) is 32.4 Å². The Labute approximate surface area is 145 Å². The van der Waals surface area contributed by atoms with Crippen LogP contribution in [0.15, 0.2) is 24.3 Å². The average molecular weight is 334 g/mol. The highest BCUT2D eigenvalue weighted by Gasteiger charge is 2.29. The van der Waals surface area contributed by atoms with Gasteiger partial charge in [-0.25, -0.2) is 0 Å².